The van der Waals surface area contributed by atoms with Crippen molar-refractivity contribution >= 4 is 0 Å². The van der Waals surface area contributed by atoms with Crippen LogP contribution in [0, 0.1) is 12.3 Å². The van der Waals surface area contributed by atoms with Crippen molar-refractivity contribution in [3.8, 4) is 18.1 Å². The third-order valence-electron chi connectivity index (χ3n) is 1.50. The number of para-hydroxylation sites is 1. The normalized spacial score (nSPS) is 10.7. The van der Waals surface area contributed by atoms with Gasteiger partial charge in [0.2, 0.25) is 0 Å². The van der Waals surface area contributed by atoms with Gasteiger partial charge >= 0.3 is 6.18 Å². The van der Waals surface area contributed by atoms with Gasteiger partial charge in [-0.15, -0.1) is 6.42 Å². The van der Waals surface area contributed by atoms with Crippen LogP contribution >= 0.6 is 0 Å². The van der Waals surface area contributed by atoms with Crippen LogP contribution in [0.3, 0.4) is 0 Å². The summed E-state index contributed by atoms with van der Waals surface area (Å²) in [5.41, 5.74) is -0.810. The van der Waals surface area contributed by atoms with Gasteiger partial charge in [0.1, 0.15) is 12.4 Å². The summed E-state index contributed by atoms with van der Waals surface area (Å²) in [5, 5.41) is 0. The van der Waals surface area contributed by atoms with Crippen LogP contribution in [-0.2, 0) is 6.18 Å². The highest BCUT2D eigenvalue weighted by Gasteiger charge is 2.33. The molecule has 4 heteroatoms. The quantitative estimate of drug-likeness (QED) is 0.667. The third kappa shape index (κ3) is 2.43. The Morgan fingerprint density at radius 2 is 1.93 bits per heavy atom. The van der Waals surface area contributed by atoms with Crippen LogP contribution in [0.1, 0.15) is 5.56 Å². The van der Waals surface area contributed by atoms with Gasteiger partial charge in [-0.05, 0) is 12.1 Å². The lowest BCUT2D eigenvalue weighted by atomic mass is 10.2. The highest BCUT2D eigenvalue weighted by Crippen LogP contribution is 2.35. The van der Waals surface area contributed by atoms with E-state index in [0.29, 0.717) is 0 Å². The van der Waals surface area contributed by atoms with Gasteiger partial charge < -0.3 is 4.74 Å². The molecule has 1 aromatic carbocycles. The van der Waals surface area contributed by atoms with E-state index >= 15 is 0 Å². The molecule has 1 rings (SSSR count). The van der Waals surface area contributed by atoms with Gasteiger partial charge in [0.05, 0.1) is 5.56 Å². The largest absolute Gasteiger partial charge is 0.480 e. The predicted octanol–water partition coefficient (Wildman–Crippen LogP) is 2.72. The second kappa shape index (κ2) is 4.05. The number of terminal acetylenes is 1. The molecule has 0 aromatic heterocycles. The number of alkyl halides is 3. The van der Waals surface area contributed by atoms with Crippen molar-refractivity contribution in [2.45, 2.75) is 6.18 Å². The van der Waals surface area contributed by atoms with Gasteiger partial charge in [0, 0.05) is 0 Å². The molecule has 0 atom stereocenters. The third-order valence-corrected chi connectivity index (χ3v) is 1.50. The molecule has 0 aliphatic carbocycles. The van der Waals surface area contributed by atoms with E-state index in [1.54, 1.807) is 0 Å². The average Bonchev–Trinajstić information content (AvgIpc) is 2.14. The number of hydrogen-bond donors (Lipinski definition) is 0. The highest BCUT2D eigenvalue weighted by molar-refractivity contribution is 5.35. The minimum absolute atomic E-state index is 0.174. The Bertz CT molecular complexity index is 349. The highest BCUT2D eigenvalue weighted by atomic mass is 19.4. The summed E-state index contributed by atoms with van der Waals surface area (Å²) in [6.07, 6.45) is 0.468. The van der Waals surface area contributed by atoms with E-state index in [2.05, 4.69) is 5.92 Å². The second-order valence-corrected chi connectivity index (χ2v) is 2.49. The molecule has 1 aromatic rings. The summed E-state index contributed by atoms with van der Waals surface area (Å²) >= 11 is 0. The minimum Gasteiger partial charge on any atom is -0.480 e. The number of benzene rings is 1. The molecule has 0 heterocycles. The molecule has 0 unspecified atom stereocenters. The minimum atomic E-state index is -4.41. The summed E-state index contributed by atoms with van der Waals surface area (Å²) in [5.74, 6) is 1.87. The van der Waals surface area contributed by atoms with Crippen molar-refractivity contribution in [1.82, 2.24) is 0 Å². The molecule has 0 saturated heterocycles. The summed E-state index contributed by atoms with van der Waals surface area (Å²) in [7, 11) is 0. The molecule has 0 amide bonds. The number of rotatable bonds is 2. The Balaban J connectivity index is 2.99. The topological polar surface area (TPSA) is 9.23 Å². The van der Waals surface area contributed by atoms with Gasteiger partial charge in [-0.3, -0.25) is 0 Å². The van der Waals surface area contributed by atoms with E-state index in [1.807, 2.05) is 0 Å². The Kier molecular flexibility index (Phi) is 3.03. The SMILES string of the molecule is C#CCOc1ccccc1C(F)(F)F. The van der Waals surface area contributed by atoms with Crippen LogP contribution in [0.2, 0.25) is 0 Å². The Morgan fingerprint density at radius 3 is 2.50 bits per heavy atom. The number of hydrogen-bond acceptors (Lipinski definition) is 1. The molecule has 0 aliphatic heterocycles. The molecule has 0 saturated carbocycles. The molecule has 0 spiro atoms. The molecule has 74 valence electrons. The molecular formula is C10H7F3O. The van der Waals surface area contributed by atoms with Gasteiger partial charge in [-0.1, -0.05) is 18.1 Å². The Morgan fingerprint density at radius 1 is 1.29 bits per heavy atom. The molecule has 14 heavy (non-hydrogen) atoms. The molecular weight excluding hydrogens is 193 g/mol. The summed E-state index contributed by atoms with van der Waals surface area (Å²) in [4.78, 5) is 0. The maximum Gasteiger partial charge on any atom is 0.419 e. The maximum atomic E-state index is 12.3. The lowest BCUT2D eigenvalue weighted by Crippen LogP contribution is -2.08. The summed E-state index contributed by atoms with van der Waals surface area (Å²) in [6, 6.07) is 4.94. The van der Waals surface area contributed by atoms with Gasteiger partial charge in [-0.2, -0.15) is 13.2 Å². The zero-order chi connectivity index (χ0) is 10.6. The zero-order valence-electron chi connectivity index (χ0n) is 7.14. The Hall–Kier alpha value is -1.63. The van der Waals surface area contributed by atoms with Crippen molar-refractivity contribution in [2.24, 2.45) is 0 Å². The lowest BCUT2D eigenvalue weighted by Gasteiger charge is -2.11. The lowest BCUT2D eigenvalue weighted by molar-refractivity contribution is -0.138. The molecule has 0 aliphatic rings. The second-order valence-electron chi connectivity index (χ2n) is 2.49. The van der Waals surface area contributed by atoms with Crippen LogP contribution in [-0.4, -0.2) is 6.61 Å². The fourth-order valence-electron chi connectivity index (χ4n) is 0.946. The van der Waals surface area contributed by atoms with Gasteiger partial charge in [0.25, 0.3) is 0 Å². The van der Waals surface area contributed by atoms with Crippen LogP contribution in [0.15, 0.2) is 24.3 Å². The summed E-state index contributed by atoms with van der Waals surface area (Å²) < 4.78 is 41.8. The van der Waals surface area contributed by atoms with E-state index in [4.69, 9.17) is 11.2 Å². The van der Waals surface area contributed by atoms with Crippen molar-refractivity contribution in [1.29, 1.82) is 0 Å². The maximum absolute atomic E-state index is 12.3. The van der Waals surface area contributed by atoms with Crippen molar-refractivity contribution in [3.63, 3.8) is 0 Å². The molecule has 1 nitrogen and oxygen atoms in total. The van der Waals surface area contributed by atoms with E-state index in [0.717, 1.165) is 6.07 Å². The first-order valence-corrected chi connectivity index (χ1v) is 3.78. The van der Waals surface area contributed by atoms with Crippen LogP contribution < -0.4 is 4.74 Å². The zero-order valence-corrected chi connectivity index (χ0v) is 7.14. The van der Waals surface area contributed by atoms with Crippen molar-refractivity contribution in [2.75, 3.05) is 6.61 Å². The van der Waals surface area contributed by atoms with Crippen LogP contribution in [0.4, 0.5) is 13.2 Å². The first-order chi connectivity index (χ1) is 6.55. The monoisotopic (exact) mass is 200 g/mol. The number of ether oxygens (including phenoxy) is 1. The van der Waals surface area contributed by atoms with Gasteiger partial charge in [0.15, 0.2) is 0 Å². The van der Waals surface area contributed by atoms with Crippen LogP contribution in [0.25, 0.3) is 0 Å². The standard InChI is InChI=1S/C10H7F3O/c1-2-7-14-9-6-4-3-5-8(9)10(11,12)13/h1,3-6H,7H2. The van der Waals surface area contributed by atoms with E-state index in [9.17, 15) is 13.2 Å². The summed E-state index contributed by atoms with van der Waals surface area (Å²) in [6.45, 7) is -0.174. The fraction of sp³-hybridized carbons (Fsp3) is 0.200. The fourth-order valence-corrected chi connectivity index (χ4v) is 0.946. The molecule has 0 fully saturated rings. The van der Waals surface area contributed by atoms with Crippen molar-refractivity contribution < 1.29 is 17.9 Å². The predicted molar refractivity (Wildman–Crippen MR) is 45.8 cm³/mol. The number of halogens is 3. The van der Waals surface area contributed by atoms with Gasteiger partial charge in [-0.25, -0.2) is 0 Å². The van der Waals surface area contributed by atoms with E-state index < -0.39 is 11.7 Å². The first kappa shape index (κ1) is 10.5. The molecule has 0 bridgehead atoms. The Labute approximate surface area is 79.5 Å². The van der Waals surface area contributed by atoms with Crippen LogP contribution in [0.5, 0.6) is 5.75 Å². The van der Waals surface area contributed by atoms with Crippen molar-refractivity contribution in [3.05, 3.63) is 29.8 Å². The average molecular weight is 200 g/mol. The van der Waals surface area contributed by atoms with E-state index in [-0.39, 0.29) is 12.4 Å². The smallest absolute Gasteiger partial charge is 0.419 e. The molecule has 0 radical (unpaired) electrons. The van der Waals surface area contributed by atoms with E-state index in [1.165, 1.54) is 18.2 Å². The molecule has 0 N–H and O–H groups in total. The first-order valence-electron chi connectivity index (χ1n) is 3.78.